The molecular formula is C19H27N3O4S. The molecule has 0 unspecified atom stereocenters. The van der Waals surface area contributed by atoms with Gasteiger partial charge >= 0.3 is 5.97 Å². The van der Waals surface area contributed by atoms with Crippen LogP contribution in [0.4, 0.5) is 5.69 Å². The average Bonchev–Trinajstić information content (AvgIpc) is 2.67. The van der Waals surface area contributed by atoms with E-state index in [1.165, 1.54) is 38.4 Å². The van der Waals surface area contributed by atoms with Crippen LogP contribution in [0.2, 0.25) is 0 Å². The molecule has 7 nitrogen and oxygen atoms in total. The summed E-state index contributed by atoms with van der Waals surface area (Å²) < 4.78 is 26.6. The molecule has 0 spiro atoms. The van der Waals surface area contributed by atoms with Gasteiger partial charge in [0.2, 0.25) is 10.0 Å². The van der Waals surface area contributed by atoms with Crippen LogP contribution in [0.15, 0.2) is 41.3 Å². The normalized spacial score (nSPS) is 14.3. The van der Waals surface area contributed by atoms with E-state index in [4.69, 9.17) is 5.11 Å². The Labute approximate surface area is 160 Å². The SMILES string of the molecule is C1CCNCC1.CN(C)c1cccc2c(S(=O)(=O)NCC(=O)O)cccc12. The molecule has 3 N–H and O–H groups in total. The van der Waals surface area contributed by atoms with E-state index in [1.54, 1.807) is 18.2 Å². The van der Waals surface area contributed by atoms with Crippen LogP contribution in [0.3, 0.4) is 0 Å². The second kappa shape index (κ2) is 9.68. The first-order chi connectivity index (χ1) is 12.8. The monoisotopic (exact) mass is 393 g/mol. The van der Waals surface area contributed by atoms with Gasteiger partial charge < -0.3 is 15.3 Å². The highest BCUT2D eigenvalue weighted by Gasteiger charge is 2.19. The Morgan fingerprint density at radius 3 is 2.22 bits per heavy atom. The summed E-state index contributed by atoms with van der Waals surface area (Å²) in [6.45, 7) is 1.85. The molecule has 0 atom stereocenters. The first-order valence-electron chi connectivity index (χ1n) is 8.94. The zero-order valence-corrected chi connectivity index (χ0v) is 16.6. The predicted octanol–water partition coefficient (Wildman–Crippen LogP) is 2.03. The highest BCUT2D eigenvalue weighted by molar-refractivity contribution is 7.89. The van der Waals surface area contributed by atoms with E-state index in [-0.39, 0.29) is 4.90 Å². The molecule has 0 bridgehead atoms. The van der Waals surface area contributed by atoms with Gasteiger partial charge in [-0.2, -0.15) is 4.72 Å². The van der Waals surface area contributed by atoms with Gasteiger partial charge in [0.1, 0.15) is 6.54 Å². The fraction of sp³-hybridized carbons (Fsp3) is 0.421. The fourth-order valence-corrected chi connectivity index (χ4v) is 4.12. The van der Waals surface area contributed by atoms with E-state index < -0.39 is 22.5 Å². The number of rotatable bonds is 5. The summed E-state index contributed by atoms with van der Waals surface area (Å²) in [6.07, 6.45) is 4.22. The molecule has 1 heterocycles. The van der Waals surface area contributed by atoms with Crippen LogP contribution in [0.25, 0.3) is 10.8 Å². The number of carboxylic acids is 1. The summed E-state index contributed by atoms with van der Waals surface area (Å²) in [4.78, 5) is 12.5. The molecule has 3 rings (SSSR count). The summed E-state index contributed by atoms with van der Waals surface area (Å²) in [5.74, 6) is -1.23. The van der Waals surface area contributed by atoms with E-state index in [2.05, 4.69) is 10.0 Å². The number of hydrogen-bond donors (Lipinski definition) is 3. The third kappa shape index (κ3) is 5.92. The first kappa shape index (κ1) is 21.1. The summed E-state index contributed by atoms with van der Waals surface area (Å²) in [7, 11) is -0.126. The van der Waals surface area contributed by atoms with Crippen molar-refractivity contribution >= 4 is 32.5 Å². The molecule has 0 saturated carbocycles. The molecule has 8 heteroatoms. The van der Waals surface area contributed by atoms with Gasteiger partial charge in [-0.15, -0.1) is 0 Å². The molecular weight excluding hydrogens is 366 g/mol. The number of hydrogen-bond acceptors (Lipinski definition) is 5. The topological polar surface area (TPSA) is 98.7 Å². The molecule has 1 fully saturated rings. The second-order valence-corrected chi connectivity index (χ2v) is 8.29. The standard InChI is InChI=1S/C14H16N2O4S.C5H11N/c1-16(2)12-7-3-6-11-10(12)5-4-8-13(11)21(19,20)15-9-14(17)18;1-2-4-6-5-3-1/h3-8,15H,9H2,1-2H3,(H,17,18);6H,1-5H2. The molecule has 1 saturated heterocycles. The van der Waals surface area contributed by atoms with Crippen LogP contribution < -0.4 is 14.9 Å². The van der Waals surface area contributed by atoms with Crippen LogP contribution >= 0.6 is 0 Å². The maximum atomic E-state index is 12.2. The Kier molecular flexibility index (Phi) is 7.58. The molecule has 2 aromatic carbocycles. The Morgan fingerprint density at radius 1 is 1.07 bits per heavy atom. The number of carbonyl (C=O) groups is 1. The number of sulfonamides is 1. The van der Waals surface area contributed by atoms with Crippen molar-refractivity contribution in [2.24, 2.45) is 0 Å². The minimum atomic E-state index is -3.87. The average molecular weight is 394 g/mol. The van der Waals surface area contributed by atoms with Gasteiger partial charge in [0.25, 0.3) is 0 Å². The van der Waals surface area contributed by atoms with E-state index in [0.29, 0.717) is 5.39 Å². The number of carboxylic acid groups (broad SMARTS) is 1. The minimum Gasteiger partial charge on any atom is -0.480 e. The van der Waals surface area contributed by atoms with Gasteiger partial charge in [-0.25, -0.2) is 8.42 Å². The lowest BCUT2D eigenvalue weighted by Crippen LogP contribution is -2.29. The minimum absolute atomic E-state index is 0.0740. The molecule has 27 heavy (non-hydrogen) atoms. The van der Waals surface area contributed by atoms with Crippen molar-refractivity contribution in [3.63, 3.8) is 0 Å². The molecule has 1 aliphatic rings. The third-order valence-corrected chi connectivity index (χ3v) is 5.71. The molecule has 0 aliphatic carbocycles. The van der Waals surface area contributed by atoms with Crippen LogP contribution in [-0.4, -0.2) is 53.2 Å². The maximum absolute atomic E-state index is 12.2. The van der Waals surface area contributed by atoms with Crippen LogP contribution in [0.1, 0.15) is 19.3 Å². The van der Waals surface area contributed by atoms with Gasteiger partial charge in [-0.1, -0.05) is 30.7 Å². The Balaban J connectivity index is 0.000000369. The molecule has 0 radical (unpaired) electrons. The first-order valence-corrected chi connectivity index (χ1v) is 10.4. The summed E-state index contributed by atoms with van der Waals surface area (Å²) in [5, 5.41) is 13.3. The maximum Gasteiger partial charge on any atom is 0.318 e. The highest BCUT2D eigenvalue weighted by atomic mass is 32.2. The van der Waals surface area contributed by atoms with E-state index in [9.17, 15) is 13.2 Å². The van der Waals surface area contributed by atoms with Crippen molar-refractivity contribution in [2.75, 3.05) is 38.6 Å². The number of anilines is 1. The Bertz CT molecular complexity index is 866. The Hall–Kier alpha value is -2.16. The van der Waals surface area contributed by atoms with Gasteiger partial charge in [0, 0.05) is 30.6 Å². The van der Waals surface area contributed by atoms with Crippen molar-refractivity contribution < 1.29 is 18.3 Å². The van der Waals surface area contributed by atoms with Crippen molar-refractivity contribution in [3.05, 3.63) is 36.4 Å². The molecule has 0 aromatic heterocycles. The third-order valence-electron chi connectivity index (χ3n) is 4.25. The summed E-state index contributed by atoms with van der Waals surface area (Å²) in [6, 6.07) is 10.3. The second-order valence-electron chi connectivity index (χ2n) is 6.55. The lowest BCUT2D eigenvalue weighted by Gasteiger charge is -2.16. The quantitative estimate of drug-likeness (QED) is 0.719. The number of nitrogens with zero attached hydrogens (tertiary/aromatic N) is 1. The number of nitrogens with one attached hydrogen (secondary N) is 2. The van der Waals surface area contributed by atoms with E-state index in [0.717, 1.165) is 11.1 Å². The van der Waals surface area contributed by atoms with Gasteiger partial charge in [0.15, 0.2) is 0 Å². The number of piperidine rings is 1. The molecule has 0 amide bonds. The molecule has 2 aromatic rings. The van der Waals surface area contributed by atoms with Crippen molar-refractivity contribution in [2.45, 2.75) is 24.2 Å². The highest BCUT2D eigenvalue weighted by Crippen LogP contribution is 2.29. The lowest BCUT2D eigenvalue weighted by atomic mass is 10.1. The molecule has 148 valence electrons. The predicted molar refractivity (Wildman–Crippen MR) is 108 cm³/mol. The largest absolute Gasteiger partial charge is 0.480 e. The smallest absolute Gasteiger partial charge is 0.318 e. The Morgan fingerprint density at radius 2 is 1.70 bits per heavy atom. The summed E-state index contributed by atoms with van der Waals surface area (Å²) in [5.41, 5.74) is 0.891. The zero-order chi connectivity index (χ0) is 19.9. The zero-order valence-electron chi connectivity index (χ0n) is 15.7. The summed E-state index contributed by atoms with van der Waals surface area (Å²) >= 11 is 0. The van der Waals surface area contributed by atoms with Crippen LogP contribution in [-0.2, 0) is 14.8 Å². The molecule has 1 aliphatic heterocycles. The number of benzene rings is 2. The van der Waals surface area contributed by atoms with Crippen LogP contribution in [0, 0.1) is 0 Å². The van der Waals surface area contributed by atoms with E-state index in [1.807, 2.05) is 31.1 Å². The van der Waals surface area contributed by atoms with Crippen molar-refractivity contribution in [1.29, 1.82) is 0 Å². The number of fused-ring (bicyclic) bond motifs is 1. The van der Waals surface area contributed by atoms with Gasteiger partial charge in [0.05, 0.1) is 4.90 Å². The van der Waals surface area contributed by atoms with Crippen LogP contribution in [0.5, 0.6) is 0 Å². The van der Waals surface area contributed by atoms with E-state index >= 15 is 0 Å². The lowest BCUT2D eigenvalue weighted by molar-refractivity contribution is -0.135. The van der Waals surface area contributed by atoms with Gasteiger partial charge in [-0.3, -0.25) is 4.79 Å². The van der Waals surface area contributed by atoms with Crippen molar-refractivity contribution in [3.8, 4) is 0 Å². The number of aliphatic carboxylic acids is 1. The fourth-order valence-electron chi connectivity index (χ4n) is 2.93. The van der Waals surface area contributed by atoms with Gasteiger partial charge in [-0.05, 0) is 38.1 Å². The van der Waals surface area contributed by atoms with Crippen molar-refractivity contribution in [1.82, 2.24) is 10.0 Å².